The summed E-state index contributed by atoms with van der Waals surface area (Å²) in [5.41, 5.74) is -0.0255. The molecule has 24 heavy (non-hydrogen) atoms. The highest BCUT2D eigenvalue weighted by molar-refractivity contribution is 5.94. The Morgan fingerprint density at radius 3 is 2.50 bits per heavy atom. The van der Waals surface area contributed by atoms with Gasteiger partial charge in [-0.1, -0.05) is 0 Å². The number of carbonyl (C=O) groups is 1. The minimum absolute atomic E-state index is 0. The molecule has 1 atom stereocenters. The Balaban J connectivity index is 0.00000288. The Bertz CT molecular complexity index is 543. The summed E-state index contributed by atoms with van der Waals surface area (Å²) in [6.07, 6.45) is 1.51. The summed E-state index contributed by atoms with van der Waals surface area (Å²) in [5, 5.41) is 5.55. The molecule has 0 saturated carbocycles. The number of amides is 1. The van der Waals surface area contributed by atoms with Crippen LogP contribution in [0.5, 0.6) is 11.5 Å². The van der Waals surface area contributed by atoms with Crippen LogP contribution < -0.4 is 20.1 Å². The number of benzene rings is 1. The molecule has 1 amide bonds. The largest absolute Gasteiger partial charge is 0.435 e. The minimum atomic E-state index is -3.16. The normalized spacial score (nSPS) is 17.3. The first-order chi connectivity index (χ1) is 11.0. The molecular weight excluding hydrogens is 356 g/mol. The highest BCUT2D eigenvalue weighted by Crippen LogP contribution is 2.32. The Hall–Kier alpha value is -1.74. The summed E-state index contributed by atoms with van der Waals surface area (Å²) in [6, 6.07) is 3.20. The van der Waals surface area contributed by atoms with Gasteiger partial charge in [-0.05, 0) is 31.5 Å². The van der Waals surface area contributed by atoms with Crippen LogP contribution in [0.25, 0.3) is 0 Å². The third-order valence-electron chi connectivity index (χ3n) is 3.32. The summed E-state index contributed by atoms with van der Waals surface area (Å²) >= 11 is 0. The lowest BCUT2D eigenvalue weighted by Gasteiger charge is -2.22. The van der Waals surface area contributed by atoms with Gasteiger partial charge in [0, 0.05) is 12.6 Å². The number of anilines is 1. The van der Waals surface area contributed by atoms with Crippen molar-refractivity contribution in [2.24, 2.45) is 5.92 Å². The second-order valence-electron chi connectivity index (χ2n) is 4.95. The van der Waals surface area contributed by atoms with Crippen molar-refractivity contribution in [3.8, 4) is 11.5 Å². The van der Waals surface area contributed by atoms with Gasteiger partial charge in [0.15, 0.2) is 5.75 Å². The monoisotopic (exact) mass is 372 g/mol. The minimum Gasteiger partial charge on any atom is -0.435 e. The molecule has 0 bridgehead atoms. The van der Waals surface area contributed by atoms with Crippen LogP contribution in [0.3, 0.4) is 0 Å². The van der Waals surface area contributed by atoms with Crippen molar-refractivity contribution in [3.05, 3.63) is 18.2 Å². The number of piperidine rings is 1. The standard InChI is InChI=1S/C14H16F4N2O3.ClH/c15-13(16)22-9-3-4-10(11(6-9)23-14(17)18)20-12(21)8-2-1-5-19-7-8;/h3-4,6,8,13-14,19H,1-2,5,7H2,(H,20,21);1H. The van der Waals surface area contributed by atoms with Gasteiger partial charge < -0.3 is 20.1 Å². The second kappa shape index (κ2) is 9.53. The van der Waals surface area contributed by atoms with Crippen molar-refractivity contribution in [1.29, 1.82) is 0 Å². The van der Waals surface area contributed by atoms with Gasteiger partial charge in [-0.25, -0.2) is 0 Å². The van der Waals surface area contributed by atoms with E-state index in [1.807, 2.05) is 0 Å². The third-order valence-corrected chi connectivity index (χ3v) is 3.32. The van der Waals surface area contributed by atoms with E-state index in [0.29, 0.717) is 13.0 Å². The molecule has 1 heterocycles. The fourth-order valence-corrected chi connectivity index (χ4v) is 2.29. The molecule has 136 valence electrons. The zero-order valence-electron chi connectivity index (χ0n) is 12.4. The van der Waals surface area contributed by atoms with Crippen LogP contribution in [-0.2, 0) is 4.79 Å². The first kappa shape index (κ1) is 20.3. The van der Waals surface area contributed by atoms with Crippen molar-refractivity contribution < 1.29 is 31.8 Å². The van der Waals surface area contributed by atoms with E-state index in [1.165, 1.54) is 6.07 Å². The number of alkyl halides is 4. The first-order valence-electron chi connectivity index (χ1n) is 7.01. The van der Waals surface area contributed by atoms with Crippen LogP contribution in [0.4, 0.5) is 23.2 Å². The van der Waals surface area contributed by atoms with E-state index >= 15 is 0 Å². The average molecular weight is 373 g/mol. The lowest BCUT2D eigenvalue weighted by atomic mass is 9.99. The lowest BCUT2D eigenvalue weighted by molar-refractivity contribution is -0.120. The number of nitrogens with one attached hydrogen (secondary N) is 2. The predicted octanol–water partition coefficient (Wildman–Crippen LogP) is 3.25. The number of hydrogen-bond acceptors (Lipinski definition) is 4. The topological polar surface area (TPSA) is 59.6 Å². The van der Waals surface area contributed by atoms with Crippen LogP contribution in [0.1, 0.15) is 12.8 Å². The number of ether oxygens (including phenoxy) is 2. The highest BCUT2D eigenvalue weighted by atomic mass is 35.5. The summed E-state index contributed by atoms with van der Waals surface area (Å²) in [7, 11) is 0. The van der Waals surface area contributed by atoms with E-state index in [4.69, 9.17) is 0 Å². The molecule has 0 aromatic heterocycles. The van der Waals surface area contributed by atoms with Crippen molar-refractivity contribution in [2.75, 3.05) is 18.4 Å². The van der Waals surface area contributed by atoms with Crippen molar-refractivity contribution >= 4 is 24.0 Å². The van der Waals surface area contributed by atoms with Crippen LogP contribution >= 0.6 is 12.4 Å². The number of hydrogen-bond donors (Lipinski definition) is 2. The molecule has 1 aliphatic rings. The molecule has 1 aliphatic heterocycles. The maximum atomic E-state index is 12.5. The molecule has 0 radical (unpaired) electrons. The van der Waals surface area contributed by atoms with E-state index in [-0.39, 0.29) is 35.7 Å². The Morgan fingerprint density at radius 1 is 1.21 bits per heavy atom. The van der Waals surface area contributed by atoms with Crippen LogP contribution in [-0.4, -0.2) is 32.2 Å². The van der Waals surface area contributed by atoms with Gasteiger partial charge in [0.1, 0.15) is 5.75 Å². The van der Waals surface area contributed by atoms with Crippen molar-refractivity contribution in [3.63, 3.8) is 0 Å². The van der Waals surface area contributed by atoms with E-state index in [2.05, 4.69) is 20.1 Å². The predicted molar refractivity (Wildman–Crippen MR) is 81.2 cm³/mol. The Morgan fingerprint density at radius 2 is 1.92 bits per heavy atom. The SMILES string of the molecule is Cl.O=C(Nc1ccc(OC(F)F)cc1OC(F)F)C1CCCNC1. The van der Waals surface area contributed by atoms with E-state index < -0.39 is 19.0 Å². The van der Waals surface area contributed by atoms with Crippen LogP contribution in [0, 0.1) is 5.92 Å². The Labute approximate surface area is 142 Å². The highest BCUT2D eigenvalue weighted by Gasteiger charge is 2.22. The van der Waals surface area contributed by atoms with Gasteiger partial charge in [-0.15, -0.1) is 12.4 Å². The molecule has 1 saturated heterocycles. The molecule has 1 fully saturated rings. The van der Waals surface area contributed by atoms with Crippen molar-refractivity contribution in [1.82, 2.24) is 5.32 Å². The molecule has 1 aromatic rings. The van der Waals surface area contributed by atoms with Crippen molar-refractivity contribution in [2.45, 2.75) is 26.1 Å². The molecule has 1 unspecified atom stereocenters. The molecule has 0 spiro atoms. The van der Waals surface area contributed by atoms with Gasteiger partial charge in [-0.2, -0.15) is 17.6 Å². The molecule has 10 heteroatoms. The van der Waals surface area contributed by atoms with Gasteiger partial charge >= 0.3 is 13.2 Å². The zero-order chi connectivity index (χ0) is 16.8. The van der Waals surface area contributed by atoms with Gasteiger partial charge in [-0.3, -0.25) is 4.79 Å². The summed E-state index contributed by atoms with van der Waals surface area (Å²) < 4.78 is 57.7. The van der Waals surface area contributed by atoms with E-state index in [1.54, 1.807) is 0 Å². The van der Waals surface area contributed by atoms with E-state index in [9.17, 15) is 22.4 Å². The molecule has 1 aromatic carbocycles. The fraction of sp³-hybridized carbons (Fsp3) is 0.500. The van der Waals surface area contributed by atoms with Crippen LogP contribution in [0.2, 0.25) is 0 Å². The third kappa shape index (κ3) is 6.04. The maximum Gasteiger partial charge on any atom is 0.387 e. The number of carbonyl (C=O) groups excluding carboxylic acids is 1. The first-order valence-corrected chi connectivity index (χ1v) is 7.01. The van der Waals surface area contributed by atoms with Gasteiger partial charge in [0.05, 0.1) is 11.6 Å². The lowest BCUT2D eigenvalue weighted by Crippen LogP contribution is -2.37. The molecular formula is C14H17ClF4N2O3. The fourth-order valence-electron chi connectivity index (χ4n) is 2.29. The summed E-state index contributed by atoms with van der Waals surface area (Å²) in [6.45, 7) is -4.95. The Kier molecular flexibility index (Phi) is 8.06. The molecule has 2 rings (SSSR count). The maximum absolute atomic E-state index is 12.5. The van der Waals surface area contributed by atoms with Gasteiger partial charge in [0.25, 0.3) is 0 Å². The average Bonchev–Trinajstić information content (AvgIpc) is 2.49. The summed E-state index contributed by atoms with van der Waals surface area (Å²) in [4.78, 5) is 12.1. The van der Waals surface area contributed by atoms with E-state index in [0.717, 1.165) is 25.1 Å². The zero-order valence-corrected chi connectivity index (χ0v) is 13.3. The number of halogens is 5. The molecule has 5 nitrogen and oxygen atoms in total. The van der Waals surface area contributed by atoms with Crippen LogP contribution in [0.15, 0.2) is 18.2 Å². The molecule has 0 aliphatic carbocycles. The summed E-state index contributed by atoms with van der Waals surface area (Å²) in [5.74, 6) is -1.41. The smallest absolute Gasteiger partial charge is 0.387 e. The molecule has 2 N–H and O–H groups in total. The second-order valence-corrected chi connectivity index (χ2v) is 4.95. The quantitative estimate of drug-likeness (QED) is 0.753. The van der Waals surface area contributed by atoms with Gasteiger partial charge in [0.2, 0.25) is 5.91 Å². The number of rotatable bonds is 6.